The van der Waals surface area contributed by atoms with Gasteiger partial charge in [0.05, 0.1) is 5.02 Å². The van der Waals surface area contributed by atoms with Gasteiger partial charge in [0.15, 0.2) is 0 Å². The molecule has 2 aromatic rings. The van der Waals surface area contributed by atoms with E-state index in [4.69, 9.17) is 17.3 Å². The molecule has 6 heteroatoms. The number of hydrogen-bond donors (Lipinski definition) is 2. The van der Waals surface area contributed by atoms with Crippen molar-refractivity contribution in [3.63, 3.8) is 0 Å². The molecule has 0 aromatic heterocycles. The molecule has 1 atom stereocenters. The maximum Gasteiger partial charge on any atom is 0.255 e. The summed E-state index contributed by atoms with van der Waals surface area (Å²) in [7, 11) is 0. The molecule has 1 aliphatic rings. The second-order valence-corrected chi connectivity index (χ2v) is 5.62. The van der Waals surface area contributed by atoms with E-state index in [0.29, 0.717) is 35.2 Å². The van der Waals surface area contributed by atoms with Crippen LogP contribution in [0.5, 0.6) is 0 Å². The van der Waals surface area contributed by atoms with Crippen LogP contribution in [0.4, 0.5) is 14.5 Å². The van der Waals surface area contributed by atoms with Crippen molar-refractivity contribution in [2.45, 2.75) is 18.9 Å². The first-order valence-electron chi connectivity index (χ1n) is 6.80. The predicted molar refractivity (Wildman–Crippen MR) is 81.0 cm³/mol. The minimum absolute atomic E-state index is 0.0795. The van der Waals surface area contributed by atoms with E-state index in [1.54, 1.807) is 0 Å². The van der Waals surface area contributed by atoms with Gasteiger partial charge in [0, 0.05) is 22.9 Å². The highest BCUT2D eigenvalue weighted by molar-refractivity contribution is 6.31. The molecule has 0 fully saturated rings. The minimum Gasteiger partial charge on any atom is -0.324 e. The van der Waals surface area contributed by atoms with Gasteiger partial charge >= 0.3 is 0 Å². The van der Waals surface area contributed by atoms with Gasteiger partial charge in [0.2, 0.25) is 0 Å². The van der Waals surface area contributed by atoms with Gasteiger partial charge in [-0.05, 0) is 48.7 Å². The fourth-order valence-electron chi connectivity index (χ4n) is 2.74. The molecule has 1 aliphatic carbocycles. The van der Waals surface area contributed by atoms with E-state index in [2.05, 4.69) is 5.32 Å². The quantitative estimate of drug-likeness (QED) is 0.883. The van der Waals surface area contributed by atoms with Gasteiger partial charge in [-0.1, -0.05) is 11.6 Å². The number of halogens is 3. The standard InChI is InChI=1S/C16H13ClF2N2O/c17-11-7-8(1-4-12(11)18)21-16(22)10-2-5-13(19)15-9(10)3-6-14(15)20/h1-2,4-5,7,14H,3,6,20H2,(H,21,22)/t14-/m0/s1. The Bertz CT molecular complexity index is 764. The lowest BCUT2D eigenvalue weighted by molar-refractivity contribution is 0.102. The third-order valence-corrected chi connectivity index (χ3v) is 4.09. The van der Waals surface area contributed by atoms with Gasteiger partial charge in [-0.25, -0.2) is 8.78 Å². The van der Waals surface area contributed by atoms with Crippen molar-refractivity contribution >= 4 is 23.2 Å². The Morgan fingerprint density at radius 1 is 1.23 bits per heavy atom. The van der Waals surface area contributed by atoms with Crippen molar-refractivity contribution in [1.82, 2.24) is 0 Å². The van der Waals surface area contributed by atoms with E-state index in [1.165, 1.54) is 30.3 Å². The van der Waals surface area contributed by atoms with Crippen molar-refractivity contribution in [3.8, 4) is 0 Å². The molecular weight excluding hydrogens is 310 g/mol. The van der Waals surface area contributed by atoms with Gasteiger partial charge in [0.25, 0.3) is 5.91 Å². The van der Waals surface area contributed by atoms with Crippen molar-refractivity contribution in [3.05, 3.63) is 63.7 Å². The van der Waals surface area contributed by atoms with Gasteiger partial charge in [-0.3, -0.25) is 4.79 Å². The highest BCUT2D eigenvalue weighted by Crippen LogP contribution is 2.34. The molecule has 1 amide bonds. The fourth-order valence-corrected chi connectivity index (χ4v) is 2.92. The number of anilines is 1. The zero-order valence-electron chi connectivity index (χ0n) is 11.5. The topological polar surface area (TPSA) is 55.1 Å². The molecule has 0 saturated carbocycles. The molecule has 0 aliphatic heterocycles. The molecule has 2 aromatic carbocycles. The lowest BCUT2D eigenvalue weighted by Gasteiger charge is -2.12. The van der Waals surface area contributed by atoms with Crippen molar-refractivity contribution in [2.24, 2.45) is 5.73 Å². The monoisotopic (exact) mass is 322 g/mol. The smallest absolute Gasteiger partial charge is 0.255 e. The number of carbonyl (C=O) groups is 1. The molecule has 0 spiro atoms. The molecular formula is C16H13ClF2N2O. The second-order valence-electron chi connectivity index (χ2n) is 5.22. The first-order chi connectivity index (χ1) is 10.5. The number of rotatable bonds is 2. The summed E-state index contributed by atoms with van der Waals surface area (Å²) in [6.07, 6.45) is 1.17. The second kappa shape index (κ2) is 5.66. The van der Waals surface area contributed by atoms with Crippen LogP contribution in [0.15, 0.2) is 30.3 Å². The lowest BCUT2D eigenvalue weighted by atomic mass is 10.0. The van der Waals surface area contributed by atoms with Crippen LogP contribution in [0.2, 0.25) is 5.02 Å². The Kier molecular flexibility index (Phi) is 3.85. The van der Waals surface area contributed by atoms with Crippen LogP contribution in [0.1, 0.15) is 33.9 Å². The zero-order chi connectivity index (χ0) is 15.9. The predicted octanol–water partition coefficient (Wildman–Crippen LogP) is 3.82. The Labute approximate surface area is 131 Å². The number of nitrogens with one attached hydrogen (secondary N) is 1. The summed E-state index contributed by atoms with van der Waals surface area (Å²) in [5, 5.41) is 2.56. The van der Waals surface area contributed by atoms with Crippen LogP contribution in [0, 0.1) is 11.6 Å². The highest BCUT2D eigenvalue weighted by atomic mass is 35.5. The van der Waals surface area contributed by atoms with E-state index < -0.39 is 11.7 Å². The SMILES string of the molecule is N[C@H]1CCc2c(C(=O)Nc3ccc(F)c(Cl)c3)ccc(F)c21. The molecule has 0 unspecified atom stereocenters. The molecule has 0 bridgehead atoms. The van der Waals surface area contributed by atoms with Crippen molar-refractivity contribution in [2.75, 3.05) is 5.32 Å². The Hall–Kier alpha value is -1.98. The number of carbonyl (C=O) groups excluding carboxylic acids is 1. The lowest BCUT2D eigenvalue weighted by Crippen LogP contribution is -2.15. The Morgan fingerprint density at radius 3 is 2.68 bits per heavy atom. The number of amides is 1. The number of fused-ring (bicyclic) bond motifs is 1. The summed E-state index contributed by atoms with van der Waals surface area (Å²) in [6, 6.07) is 6.20. The first kappa shape index (κ1) is 14.9. The summed E-state index contributed by atoms with van der Waals surface area (Å²) in [5.74, 6) is -1.34. The Balaban J connectivity index is 1.92. The van der Waals surface area contributed by atoms with Crippen LogP contribution in [-0.2, 0) is 6.42 Å². The van der Waals surface area contributed by atoms with Crippen LogP contribution in [0.25, 0.3) is 0 Å². The van der Waals surface area contributed by atoms with E-state index in [0.717, 1.165) is 0 Å². The van der Waals surface area contributed by atoms with Crippen molar-refractivity contribution < 1.29 is 13.6 Å². The van der Waals surface area contributed by atoms with Gasteiger partial charge in [0.1, 0.15) is 11.6 Å². The molecule has 114 valence electrons. The summed E-state index contributed by atoms with van der Waals surface area (Å²) in [6.45, 7) is 0. The van der Waals surface area contributed by atoms with E-state index >= 15 is 0 Å². The molecule has 22 heavy (non-hydrogen) atoms. The summed E-state index contributed by atoms with van der Waals surface area (Å²) < 4.78 is 27.0. The van der Waals surface area contributed by atoms with Crippen LogP contribution in [0.3, 0.4) is 0 Å². The Morgan fingerprint density at radius 2 is 1.95 bits per heavy atom. The first-order valence-corrected chi connectivity index (χ1v) is 7.18. The summed E-state index contributed by atoms with van der Waals surface area (Å²) >= 11 is 5.68. The third-order valence-electron chi connectivity index (χ3n) is 3.80. The largest absolute Gasteiger partial charge is 0.324 e. The summed E-state index contributed by atoms with van der Waals surface area (Å²) in [5.41, 5.74) is 7.67. The van der Waals surface area contributed by atoms with Crippen LogP contribution >= 0.6 is 11.6 Å². The maximum absolute atomic E-state index is 13.8. The molecule has 0 heterocycles. The maximum atomic E-state index is 13.8. The summed E-state index contributed by atoms with van der Waals surface area (Å²) in [4.78, 5) is 12.4. The van der Waals surface area contributed by atoms with Gasteiger partial charge in [-0.2, -0.15) is 0 Å². The number of benzene rings is 2. The highest BCUT2D eigenvalue weighted by Gasteiger charge is 2.27. The normalized spacial score (nSPS) is 16.5. The van der Waals surface area contributed by atoms with Crippen LogP contribution < -0.4 is 11.1 Å². The number of hydrogen-bond acceptors (Lipinski definition) is 2. The average molecular weight is 323 g/mol. The molecule has 0 saturated heterocycles. The molecule has 3 nitrogen and oxygen atoms in total. The zero-order valence-corrected chi connectivity index (χ0v) is 12.3. The molecule has 0 radical (unpaired) electrons. The third kappa shape index (κ3) is 2.58. The minimum atomic E-state index is -0.562. The van der Waals surface area contributed by atoms with Crippen LogP contribution in [-0.4, -0.2) is 5.91 Å². The van der Waals surface area contributed by atoms with Gasteiger partial charge < -0.3 is 11.1 Å². The van der Waals surface area contributed by atoms with E-state index in [9.17, 15) is 13.6 Å². The molecule has 3 N–H and O–H groups in total. The van der Waals surface area contributed by atoms with Crippen molar-refractivity contribution in [1.29, 1.82) is 0 Å². The van der Waals surface area contributed by atoms with Gasteiger partial charge in [-0.15, -0.1) is 0 Å². The fraction of sp³-hybridized carbons (Fsp3) is 0.188. The van der Waals surface area contributed by atoms with E-state index in [1.807, 2.05) is 0 Å². The number of nitrogens with two attached hydrogens (primary N) is 1. The average Bonchev–Trinajstić information content (AvgIpc) is 2.86. The molecule has 3 rings (SSSR count). The van der Waals surface area contributed by atoms with E-state index in [-0.39, 0.29) is 16.9 Å².